The second-order valence-electron chi connectivity index (χ2n) is 6.65. The van der Waals surface area contributed by atoms with Crippen molar-refractivity contribution in [1.29, 1.82) is 0 Å². The van der Waals surface area contributed by atoms with Gasteiger partial charge in [-0.1, -0.05) is 37.3 Å². The van der Waals surface area contributed by atoms with Gasteiger partial charge in [0.15, 0.2) is 0 Å². The Hall–Kier alpha value is -2.26. The summed E-state index contributed by atoms with van der Waals surface area (Å²) in [6.45, 7) is 2.06. The van der Waals surface area contributed by atoms with Crippen molar-refractivity contribution in [1.82, 2.24) is 10.6 Å². The molecule has 2 rings (SSSR count). The number of carbonyl (C=O) groups excluding carboxylic acids is 2. The Balaban J connectivity index is 1.76. The predicted octanol–water partition coefficient (Wildman–Crippen LogP) is 1.99. The molecule has 0 aliphatic carbocycles. The molecule has 1 aromatic carbocycles. The summed E-state index contributed by atoms with van der Waals surface area (Å²) in [6, 6.07) is 7.78. The summed E-state index contributed by atoms with van der Waals surface area (Å²) in [5.74, 6) is -0.672. The van der Waals surface area contributed by atoms with Crippen LogP contribution in [0.3, 0.4) is 0 Å². The number of carboxylic acid groups (broad SMARTS) is 1. The quantitative estimate of drug-likeness (QED) is 0.530. The van der Waals surface area contributed by atoms with Crippen molar-refractivity contribution in [2.75, 3.05) is 12.9 Å². The maximum absolute atomic E-state index is 11.9. The van der Waals surface area contributed by atoms with Crippen LogP contribution in [-0.2, 0) is 25.7 Å². The Morgan fingerprint density at radius 3 is 2.64 bits per heavy atom. The number of rotatable bonds is 9. The molecule has 1 aliphatic heterocycles. The first-order valence-corrected chi connectivity index (χ1v) is 10.1. The van der Waals surface area contributed by atoms with E-state index >= 15 is 0 Å². The largest absolute Gasteiger partial charge is 0.480 e. The minimum atomic E-state index is -1.11. The van der Waals surface area contributed by atoms with Gasteiger partial charge in [0.2, 0.25) is 0 Å². The zero-order chi connectivity index (χ0) is 20.5. The molecule has 28 heavy (non-hydrogen) atoms. The number of thioether (sulfide) groups is 1. The number of carbonyl (C=O) groups is 3. The van der Waals surface area contributed by atoms with Crippen LogP contribution in [0.1, 0.15) is 25.3 Å². The Labute approximate surface area is 168 Å². The summed E-state index contributed by atoms with van der Waals surface area (Å²) in [7, 11) is 1.35. The highest BCUT2D eigenvalue weighted by molar-refractivity contribution is 8.00. The molecule has 0 spiro atoms. The minimum Gasteiger partial charge on any atom is -0.480 e. The summed E-state index contributed by atoms with van der Waals surface area (Å²) in [6.07, 6.45) is 0.0654. The second-order valence-corrected chi connectivity index (χ2v) is 7.82. The summed E-state index contributed by atoms with van der Waals surface area (Å²) >= 11 is 1.61. The number of carboxylic acids is 1. The van der Waals surface area contributed by atoms with Crippen LogP contribution in [0.5, 0.6) is 0 Å². The van der Waals surface area contributed by atoms with E-state index in [1.165, 1.54) is 7.11 Å². The number of amides is 1. The van der Waals surface area contributed by atoms with Gasteiger partial charge in [-0.15, -0.1) is 11.8 Å². The lowest BCUT2D eigenvalue weighted by Crippen LogP contribution is -2.42. The third-order valence-electron chi connectivity index (χ3n) is 4.52. The standard InChI is InChI=1S/C19H26N2O6S/c1-12(16-20-15(11-28-16)18(24)26-2)8-9-14(17(22)23)21-19(25)27-10-13-6-4-3-5-7-13/h3-7,12,14-16,20H,8-11H2,1-2H3,(H,21,25)(H,22,23)/t12-,14+,15+,16-/m1/s1. The lowest BCUT2D eigenvalue weighted by molar-refractivity contribution is -0.142. The fourth-order valence-corrected chi connectivity index (χ4v) is 4.20. The van der Waals surface area contributed by atoms with Crippen molar-refractivity contribution in [2.24, 2.45) is 5.92 Å². The second kappa shape index (κ2) is 10.9. The van der Waals surface area contributed by atoms with Crippen LogP contribution in [0.15, 0.2) is 30.3 Å². The van der Waals surface area contributed by atoms with Gasteiger partial charge in [-0.05, 0) is 24.3 Å². The zero-order valence-corrected chi connectivity index (χ0v) is 16.7. The number of methoxy groups -OCH3 is 1. The van der Waals surface area contributed by atoms with Crippen molar-refractivity contribution in [3.63, 3.8) is 0 Å². The van der Waals surface area contributed by atoms with Gasteiger partial charge in [0.25, 0.3) is 0 Å². The number of aliphatic carboxylic acids is 1. The van der Waals surface area contributed by atoms with Gasteiger partial charge in [0.1, 0.15) is 18.7 Å². The fourth-order valence-electron chi connectivity index (χ4n) is 2.85. The molecule has 1 fully saturated rings. The van der Waals surface area contributed by atoms with Gasteiger partial charge >= 0.3 is 18.0 Å². The molecule has 3 N–H and O–H groups in total. The predicted molar refractivity (Wildman–Crippen MR) is 105 cm³/mol. The molecule has 1 aliphatic rings. The van der Waals surface area contributed by atoms with Crippen LogP contribution in [0.4, 0.5) is 4.79 Å². The molecule has 4 atom stereocenters. The minimum absolute atomic E-state index is 0.0311. The lowest BCUT2D eigenvalue weighted by Gasteiger charge is -2.21. The number of hydrogen-bond donors (Lipinski definition) is 3. The van der Waals surface area contributed by atoms with Crippen molar-refractivity contribution < 1.29 is 29.0 Å². The van der Waals surface area contributed by atoms with Crippen molar-refractivity contribution in [3.8, 4) is 0 Å². The number of alkyl carbamates (subject to hydrolysis) is 1. The van der Waals surface area contributed by atoms with Gasteiger partial charge in [0, 0.05) is 5.75 Å². The monoisotopic (exact) mass is 410 g/mol. The fraction of sp³-hybridized carbons (Fsp3) is 0.526. The van der Waals surface area contributed by atoms with E-state index in [0.29, 0.717) is 12.2 Å². The van der Waals surface area contributed by atoms with E-state index in [1.54, 1.807) is 11.8 Å². The number of hydrogen-bond acceptors (Lipinski definition) is 7. The van der Waals surface area contributed by atoms with Gasteiger partial charge in [-0.3, -0.25) is 10.1 Å². The molecule has 9 heteroatoms. The Kier molecular flexibility index (Phi) is 8.59. The van der Waals surface area contributed by atoms with Gasteiger partial charge < -0.3 is 19.9 Å². The highest BCUT2D eigenvalue weighted by Gasteiger charge is 2.33. The van der Waals surface area contributed by atoms with Crippen LogP contribution in [0, 0.1) is 5.92 Å². The molecule has 0 unspecified atom stereocenters. The highest BCUT2D eigenvalue weighted by atomic mass is 32.2. The van der Waals surface area contributed by atoms with E-state index in [4.69, 9.17) is 9.47 Å². The van der Waals surface area contributed by atoms with Crippen molar-refractivity contribution in [3.05, 3.63) is 35.9 Å². The topological polar surface area (TPSA) is 114 Å². The number of ether oxygens (including phenoxy) is 2. The first-order valence-electron chi connectivity index (χ1n) is 9.06. The average molecular weight is 410 g/mol. The van der Waals surface area contributed by atoms with Crippen LogP contribution in [-0.4, -0.2) is 53.5 Å². The Morgan fingerprint density at radius 2 is 2.00 bits per heavy atom. The Morgan fingerprint density at radius 1 is 1.29 bits per heavy atom. The molecule has 8 nitrogen and oxygen atoms in total. The summed E-state index contributed by atoms with van der Waals surface area (Å²) in [5.41, 5.74) is 0.822. The molecule has 0 bridgehead atoms. The van der Waals surface area contributed by atoms with E-state index in [9.17, 15) is 19.5 Å². The molecule has 154 valence electrons. The van der Waals surface area contributed by atoms with Gasteiger partial charge in [-0.2, -0.15) is 0 Å². The first kappa shape index (κ1) is 22.0. The lowest BCUT2D eigenvalue weighted by atomic mass is 10.0. The van der Waals surface area contributed by atoms with Crippen LogP contribution in [0.25, 0.3) is 0 Å². The Bertz CT molecular complexity index is 672. The molecule has 0 aromatic heterocycles. The smallest absolute Gasteiger partial charge is 0.408 e. The third kappa shape index (κ3) is 6.72. The summed E-state index contributed by atoms with van der Waals surface area (Å²) in [5, 5.41) is 15.0. The van der Waals surface area contributed by atoms with Crippen LogP contribution in [0.2, 0.25) is 0 Å². The number of nitrogens with one attached hydrogen (secondary N) is 2. The van der Waals surface area contributed by atoms with E-state index in [-0.39, 0.29) is 36.3 Å². The summed E-state index contributed by atoms with van der Waals surface area (Å²) < 4.78 is 9.82. The molecular formula is C19H26N2O6S. The van der Waals surface area contributed by atoms with Gasteiger partial charge in [-0.25, -0.2) is 9.59 Å². The molecule has 0 saturated carbocycles. The van der Waals surface area contributed by atoms with Crippen LogP contribution >= 0.6 is 11.8 Å². The highest BCUT2D eigenvalue weighted by Crippen LogP contribution is 2.28. The molecule has 1 amide bonds. The van der Waals surface area contributed by atoms with Gasteiger partial charge in [0.05, 0.1) is 12.5 Å². The average Bonchev–Trinajstić information content (AvgIpc) is 3.19. The van der Waals surface area contributed by atoms with E-state index in [2.05, 4.69) is 10.6 Å². The first-order chi connectivity index (χ1) is 13.4. The van der Waals surface area contributed by atoms with E-state index < -0.39 is 18.1 Å². The molecule has 1 heterocycles. The zero-order valence-electron chi connectivity index (χ0n) is 15.9. The van der Waals surface area contributed by atoms with E-state index in [0.717, 1.165) is 5.56 Å². The number of benzene rings is 1. The molecule has 1 aromatic rings. The normalized spacial score (nSPS) is 20.8. The maximum atomic E-state index is 11.9. The summed E-state index contributed by atoms with van der Waals surface area (Å²) in [4.78, 5) is 35.0. The maximum Gasteiger partial charge on any atom is 0.408 e. The molecule has 1 saturated heterocycles. The van der Waals surface area contributed by atoms with Crippen molar-refractivity contribution in [2.45, 2.75) is 43.8 Å². The molecular weight excluding hydrogens is 384 g/mol. The van der Waals surface area contributed by atoms with E-state index in [1.807, 2.05) is 37.3 Å². The molecule has 0 radical (unpaired) electrons. The SMILES string of the molecule is COC(=O)[C@@H]1CS[C@H]([C@H](C)CC[C@H](NC(=O)OCc2ccccc2)C(=O)O)N1. The third-order valence-corrected chi connectivity index (χ3v) is 6.01. The number of esters is 1. The van der Waals surface area contributed by atoms with Crippen molar-refractivity contribution >= 4 is 29.8 Å². The van der Waals surface area contributed by atoms with Crippen LogP contribution < -0.4 is 10.6 Å².